The number of anilines is 3. The lowest BCUT2D eigenvalue weighted by Gasteiger charge is -2.40. The van der Waals surface area contributed by atoms with Crippen LogP contribution in [-0.4, -0.2) is 46.4 Å². The largest absolute Gasteiger partial charge is 0.496 e. The van der Waals surface area contributed by atoms with E-state index in [2.05, 4.69) is 10.6 Å². The summed E-state index contributed by atoms with van der Waals surface area (Å²) >= 11 is 0. The van der Waals surface area contributed by atoms with E-state index < -0.39 is 20.9 Å². The van der Waals surface area contributed by atoms with Gasteiger partial charge in [0.2, 0.25) is 0 Å². The molecule has 0 unspecified atom stereocenters. The van der Waals surface area contributed by atoms with Crippen LogP contribution in [0.1, 0.15) is 45.1 Å². The Bertz CT molecular complexity index is 1560. The van der Waals surface area contributed by atoms with E-state index in [1.54, 1.807) is 44.4 Å². The summed E-state index contributed by atoms with van der Waals surface area (Å²) in [6.07, 6.45) is 3.02. The Hall–Kier alpha value is -3.92. The molecule has 2 N–H and O–H groups in total. The van der Waals surface area contributed by atoms with Crippen molar-refractivity contribution in [2.45, 2.75) is 56.9 Å². The quantitative estimate of drug-likeness (QED) is 0.307. The van der Waals surface area contributed by atoms with E-state index in [0.29, 0.717) is 30.9 Å². The highest BCUT2D eigenvalue weighted by Gasteiger charge is 2.38. The van der Waals surface area contributed by atoms with Gasteiger partial charge in [-0.1, -0.05) is 31.0 Å². The maximum absolute atomic E-state index is 13.3. The van der Waals surface area contributed by atoms with Crippen LogP contribution >= 0.6 is 0 Å². The number of carbonyl (C=O) groups excluding carboxylic acids is 1. The van der Waals surface area contributed by atoms with E-state index >= 15 is 0 Å². The second kappa shape index (κ2) is 11.2. The van der Waals surface area contributed by atoms with Gasteiger partial charge in [-0.15, -0.1) is 0 Å². The Morgan fingerprint density at radius 2 is 1.66 bits per heavy atom. The van der Waals surface area contributed by atoms with Crippen LogP contribution in [0, 0.1) is 0 Å². The third kappa shape index (κ3) is 5.53. The lowest BCUT2D eigenvalue weighted by molar-refractivity contribution is -0.121. The number of carbonyl (C=O) groups is 1. The molecule has 1 saturated carbocycles. The van der Waals surface area contributed by atoms with Gasteiger partial charge in [0.05, 0.1) is 36.5 Å². The maximum Gasteiger partial charge on any atom is 0.312 e. The maximum atomic E-state index is 13.3. The molecule has 3 aromatic rings. The van der Waals surface area contributed by atoms with E-state index in [1.165, 1.54) is 0 Å². The minimum Gasteiger partial charge on any atom is -0.496 e. The molecule has 5 rings (SSSR count). The predicted molar refractivity (Wildman–Crippen MR) is 162 cm³/mol. The smallest absolute Gasteiger partial charge is 0.312 e. The monoisotopic (exact) mass is 579 g/mol. The molecule has 0 radical (unpaired) electrons. The van der Waals surface area contributed by atoms with Gasteiger partial charge in [-0.2, -0.15) is 8.42 Å². The lowest BCUT2D eigenvalue weighted by atomic mass is 9.91. The van der Waals surface area contributed by atoms with Crippen molar-refractivity contribution in [2.24, 2.45) is 0 Å². The van der Waals surface area contributed by atoms with Gasteiger partial charge in [0.25, 0.3) is 5.91 Å². The van der Waals surface area contributed by atoms with Crippen LogP contribution in [0.2, 0.25) is 0 Å². The van der Waals surface area contributed by atoms with Crippen LogP contribution in [0.3, 0.4) is 0 Å². The van der Waals surface area contributed by atoms with Gasteiger partial charge in [-0.05, 0) is 62.6 Å². The standard InChI is InChI=1S/C31H37N3O6S/c1-31(2)30(35)34(3)29-24(19-32-25-12-8-9-13-27(25)38-4)22(16-17-26(29)33-31)23-15-14-20(18-28(23)39-5)40-41(36,37)21-10-6-7-11-21/h8-9,12-18,21,32-33H,6-7,10-11,19H2,1-5H3. The molecule has 218 valence electrons. The molecule has 41 heavy (non-hydrogen) atoms. The number of hydrogen-bond acceptors (Lipinski definition) is 8. The second-order valence-electron chi connectivity index (χ2n) is 11.0. The molecule has 0 aromatic heterocycles. The van der Waals surface area contributed by atoms with E-state index in [4.69, 9.17) is 13.7 Å². The van der Waals surface area contributed by atoms with E-state index in [-0.39, 0.29) is 11.7 Å². The zero-order chi connectivity index (χ0) is 29.4. The van der Waals surface area contributed by atoms with Gasteiger partial charge in [-0.3, -0.25) is 4.79 Å². The van der Waals surface area contributed by atoms with E-state index in [9.17, 15) is 13.2 Å². The fourth-order valence-electron chi connectivity index (χ4n) is 5.76. The first-order valence-electron chi connectivity index (χ1n) is 13.8. The van der Waals surface area contributed by atoms with E-state index in [0.717, 1.165) is 46.6 Å². The minimum atomic E-state index is -3.74. The zero-order valence-electron chi connectivity index (χ0n) is 24.1. The third-order valence-corrected chi connectivity index (χ3v) is 9.57. The molecule has 0 saturated heterocycles. The van der Waals surface area contributed by atoms with Crippen molar-refractivity contribution < 1.29 is 26.9 Å². The topological polar surface area (TPSA) is 106 Å². The summed E-state index contributed by atoms with van der Waals surface area (Å²) in [6, 6.07) is 16.6. The second-order valence-corrected chi connectivity index (χ2v) is 12.8. The number of likely N-dealkylation sites (N-methyl/N-ethyl adjacent to an activating group) is 1. The predicted octanol–water partition coefficient (Wildman–Crippen LogP) is 5.80. The number of methoxy groups -OCH3 is 2. The molecule has 1 aliphatic carbocycles. The molecule has 0 atom stereocenters. The van der Waals surface area contributed by atoms with Gasteiger partial charge < -0.3 is 29.2 Å². The number of para-hydroxylation sites is 2. The van der Waals surface area contributed by atoms with Crippen molar-refractivity contribution in [3.05, 3.63) is 60.2 Å². The van der Waals surface area contributed by atoms with Crippen molar-refractivity contribution in [1.29, 1.82) is 0 Å². The van der Waals surface area contributed by atoms with Crippen molar-refractivity contribution in [1.82, 2.24) is 0 Å². The number of fused-ring (bicyclic) bond motifs is 1. The summed E-state index contributed by atoms with van der Waals surface area (Å²) in [5, 5.41) is 6.38. The first-order valence-corrected chi connectivity index (χ1v) is 15.2. The van der Waals surface area contributed by atoms with Crippen LogP contribution in [0.5, 0.6) is 17.2 Å². The molecule has 10 heteroatoms. The number of rotatable bonds is 9. The van der Waals surface area contributed by atoms with Gasteiger partial charge in [0, 0.05) is 30.8 Å². The van der Waals surface area contributed by atoms with E-state index in [1.807, 2.05) is 50.2 Å². The summed E-state index contributed by atoms with van der Waals surface area (Å²) in [4.78, 5) is 15.0. The Morgan fingerprint density at radius 3 is 2.37 bits per heavy atom. The Labute approximate surface area is 241 Å². The Kier molecular flexibility index (Phi) is 7.78. The molecule has 1 fully saturated rings. The molecule has 3 aromatic carbocycles. The fraction of sp³-hybridized carbons (Fsp3) is 0.387. The van der Waals surface area contributed by atoms with Gasteiger partial charge >= 0.3 is 10.1 Å². The van der Waals surface area contributed by atoms with Crippen LogP contribution < -0.4 is 29.2 Å². The molecule has 0 bridgehead atoms. The summed E-state index contributed by atoms with van der Waals surface area (Å²) in [5.74, 6) is 1.30. The normalized spacial score (nSPS) is 16.6. The highest BCUT2D eigenvalue weighted by atomic mass is 32.2. The number of benzene rings is 3. The first kappa shape index (κ1) is 28.6. The van der Waals surface area contributed by atoms with Crippen molar-refractivity contribution in [3.63, 3.8) is 0 Å². The molecule has 0 spiro atoms. The number of hydrogen-bond donors (Lipinski definition) is 2. The highest BCUT2D eigenvalue weighted by molar-refractivity contribution is 7.87. The molecular weight excluding hydrogens is 542 g/mol. The molecular formula is C31H37N3O6S. The van der Waals surface area contributed by atoms with Crippen molar-refractivity contribution in [3.8, 4) is 28.4 Å². The van der Waals surface area contributed by atoms with Gasteiger partial charge in [0.1, 0.15) is 22.8 Å². The summed E-state index contributed by atoms with van der Waals surface area (Å²) in [5.41, 5.74) is 4.05. The summed E-state index contributed by atoms with van der Waals surface area (Å²) in [7, 11) is 1.21. The zero-order valence-corrected chi connectivity index (χ0v) is 24.9. The number of nitrogens with one attached hydrogen (secondary N) is 2. The summed E-state index contributed by atoms with van der Waals surface area (Å²) in [6.45, 7) is 4.09. The lowest BCUT2D eigenvalue weighted by Crippen LogP contribution is -2.52. The number of ether oxygens (including phenoxy) is 2. The molecule has 2 aliphatic rings. The molecule has 9 nitrogen and oxygen atoms in total. The van der Waals surface area contributed by atoms with Crippen LogP contribution in [-0.2, 0) is 21.5 Å². The van der Waals surface area contributed by atoms with Crippen molar-refractivity contribution >= 4 is 33.1 Å². The van der Waals surface area contributed by atoms with Crippen molar-refractivity contribution in [2.75, 3.05) is 36.8 Å². The highest BCUT2D eigenvalue weighted by Crippen LogP contribution is 2.45. The molecule has 1 heterocycles. The minimum absolute atomic E-state index is 0.0616. The van der Waals surface area contributed by atoms with Gasteiger partial charge in [-0.25, -0.2) is 0 Å². The fourth-order valence-corrected chi connectivity index (χ4v) is 7.18. The number of amides is 1. The summed E-state index contributed by atoms with van der Waals surface area (Å²) < 4.78 is 42.5. The van der Waals surface area contributed by atoms with Crippen LogP contribution in [0.25, 0.3) is 11.1 Å². The first-order chi connectivity index (χ1) is 19.6. The SMILES string of the molecule is COc1ccccc1NCc1c(-c2ccc(OS(=O)(=O)C3CCCC3)cc2OC)ccc2c1N(C)C(=O)C(C)(C)N2. The van der Waals surface area contributed by atoms with Crippen LogP contribution in [0.15, 0.2) is 54.6 Å². The molecule has 1 aliphatic heterocycles. The van der Waals surface area contributed by atoms with Crippen LogP contribution in [0.4, 0.5) is 17.1 Å². The third-order valence-electron chi connectivity index (χ3n) is 7.85. The average molecular weight is 580 g/mol. The Balaban J connectivity index is 1.58. The molecule has 1 amide bonds. The van der Waals surface area contributed by atoms with Gasteiger partial charge in [0.15, 0.2) is 0 Å². The average Bonchev–Trinajstić information content (AvgIpc) is 3.51. The number of nitrogens with zero attached hydrogens (tertiary/aromatic N) is 1. The Morgan fingerprint density at radius 1 is 0.976 bits per heavy atom.